The number of terminal acetylenes is 1. The van der Waals surface area contributed by atoms with Gasteiger partial charge in [-0.3, -0.25) is 10.1 Å². The first-order valence-electron chi connectivity index (χ1n) is 5.92. The van der Waals surface area contributed by atoms with Crippen LogP contribution in [0.15, 0.2) is 24.3 Å². The van der Waals surface area contributed by atoms with Gasteiger partial charge in [-0.2, -0.15) is 0 Å². The molecule has 5 nitrogen and oxygen atoms in total. The van der Waals surface area contributed by atoms with Gasteiger partial charge in [0, 0.05) is 18.9 Å². The zero-order valence-electron chi connectivity index (χ0n) is 10.9. The molecule has 0 aliphatic rings. The number of hydrogen-bond acceptors (Lipinski definition) is 4. The summed E-state index contributed by atoms with van der Waals surface area (Å²) in [5, 5.41) is 5.57. The first kappa shape index (κ1) is 15.0. The zero-order valence-corrected chi connectivity index (χ0v) is 10.9. The van der Waals surface area contributed by atoms with Gasteiger partial charge in [0.25, 0.3) is 0 Å². The number of carbonyl (C=O) groups is 1. The Balaban J connectivity index is 2.43. The molecule has 0 aliphatic carbocycles. The molecule has 0 aliphatic heterocycles. The van der Waals surface area contributed by atoms with Gasteiger partial charge in [0.05, 0.1) is 19.7 Å². The van der Waals surface area contributed by atoms with E-state index in [4.69, 9.17) is 15.9 Å². The molecular weight excluding hydrogens is 244 g/mol. The van der Waals surface area contributed by atoms with Crippen LogP contribution in [0.2, 0.25) is 0 Å². The molecule has 1 rings (SSSR count). The highest BCUT2D eigenvalue weighted by molar-refractivity contribution is 5.92. The van der Waals surface area contributed by atoms with Gasteiger partial charge in [-0.25, -0.2) is 0 Å². The van der Waals surface area contributed by atoms with Crippen LogP contribution in [0.25, 0.3) is 0 Å². The normalized spacial score (nSPS) is 9.68. The Labute approximate surface area is 113 Å². The lowest BCUT2D eigenvalue weighted by Gasteiger charge is -2.09. The Morgan fingerprint density at radius 2 is 2.26 bits per heavy atom. The van der Waals surface area contributed by atoms with Crippen molar-refractivity contribution in [2.24, 2.45) is 0 Å². The van der Waals surface area contributed by atoms with E-state index in [0.29, 0.717) is 31.2 Å². The number of amides is 1. The highest BCUT2D eigenvalue weighted by Gasteiger charge is 2.02. The molecule has 0 saturated heterocycles. The van der Waals surface area contributed by atoms with Gasteiger partial charge >= 0.3 is 0 Å². The van der Waals surface area contributed by atoms with Crippen LogP contribution < -0.4 is 15.4 Å². The Hall–Kier alpha value is -2.03. The number of nitrogens with one attached hydrogen (secondary N) is 2. The summed E-state index contributed by atoms with van der Waals surface area (Å²) in [7, 11) is 1.61. The fourth-order valence-electron chi connectivity index (χ4n) is 1.36. The number of hydrogen-bond donors (Lipinski definition) is 2. The minimum absolute atomic E-state index is 0.149. The third-order valence-corrected chi connectivity index (χ3v) is 2.19. The van der Waals surface area contributed by atoms with Crippen LogP contribution in [-0.4, -0.2) is 39.3 Å². The lowest BCUT2D eigenvalue weighted by Crippen LogP contribution is -2.28. The summed E-state index contributed by atoms with van der Waals surface area (Å²) in [5.74, 6) is 2.94. The molecular formula is C14H18N2O3. The Morgan fingerprint density at radius 1 is 1.42 bits per heavy atom. The molecule has 2 N–H and O–H groups in total. The SMILES string of the molecule is C#CCNCC(=O)Nc1cccc(OCCOC)c1. The number of benzene rings is 1. The highest BCUT2D eigenvalue weighted by Crippen LogP contribution is 2.17. The number of methoxy groups -OCH3 is 1. The second kappa shape index (κ2) is 8.97. The smallest absolute Gasteiger partial charge is 0.238 e. The molecule has 0 fully saturated rings. The summed E-state index contributed by atoms with van der Waals surface area (Å²) >= 11 is 0. The van der Waals surface area contributed by atoms with Crippen LogP contribution in [0.4, 0.5) is 5.69 Å². The summed E-state index contributed by atoms with van der Waals surface area (Å²) in [6, 6.07) is 7.19. The van der Waals surface area contributed by atoms with Gasteiger partial charge in [0.2, 0.25) is 5.91 Å². The maximum atomic E-state index is 11.6. The third kappa shape index (κ3) is 6.46. The summed E-state index contributed by atoms with van der Waals surface area (Å²) in [4.78, 5) is 11.6. The topological polar surface area (TPSA) is 59.6 Å². The summed E-state index contributed by atoms with van der Waals surface area (Å²) in [6.07, 6.45) is 5.07. The first-order chi connectivity index (χ1) is 9.26. The molecule has 1 amide bonds. The maximum absolute atomic E-state index is 11.6. The van der Waals surface area contributed by atoms with Gasteiger partial charge < -0.3 is 14.8 Å². The quantitative estimate of drug-likeness (QED) is 0.539. The van der Waals surface area contributed by atoms with Gasteiger partial charge in [0.1, 0.15) is 12.4 Å². The van der Waals surface area contributed by atoms with Crippen LogP contribution in [0, 0.1) is 12.3 Å². The fourth-order valence-corrected chi connectivity index (χ4v) is 1.36. The molecule has 0 heterocycles. The number of ether oxygens (including phenoxy) is 2. The van der Waals surface area contributed by atoms with Gasteiger partial charge in [-0.1, -0.05) is 12.0 Å². The minimum Gasteiger partial charge on any atom is -0.491 e. The molecule has 0 radical (unpaired) electrons. The first-order valence-corrected chi connectivity index (χ1v) is 5.92. The standard InChI is InChI=1S/C14H18N2O3/c1-3-7-15-11-14(17)16-12-5-4-6-13(10-12)19-9-8-18-2/h1,4-6,10,15H,7-9,11H2,2H3,(H,16,17). The molecule has 0 atom stereocenters. The van der Waals surface area contributed by atoms with E-state index >= 15 is 0 Å². The molecule has 0 saturated carbocycles. The third-order valence-electron chi connectivity index (χ3n) is 2.19. The van der Waals surface area contributed by atoms with Crippen LogP contribution in [0.1, 0.15) is 0 Å². The van der Waals surface area contributed by atoms with Crippen LogP contribution >= 0.6 is 0 Å². The van der Waals surface area contributed by atoms with Crippen LogP contribution in [-0.2, 0) is 9.53 Å². The number of carbonyl (C=O) groups excluding carboxylic acids is 1. The molecule has 19 heavy (non-hydrogen) atoms. The minimum atomic E-state index is -0.149. The molecule has 1 aromatic carbocycles. The summed E-state index contributed by atoms with van der Waals surface area (Å²) < 4.78 is 10.3. The predicted molar refractivity (Wildman–Crippen MR) is 74.1 cm³/mol. The molecule has 0 bridgehead atoms. The second-order valence-corrected chi connectivity index (χ2v) is 3.72. The van der Waals surface area contributed by atoms with Crippen molar-refractivity contribution in [3.8, 4) is 18.1 Å². The zero-order chi connectivity index (χ0) is 13.9. The monoisotopic (exact) mass is 262 g/mol. The van der Waals surface area contributed by atoms with Crippen molar-refractivity contribution in [3.63, 3.8) is 0 Å². The van der Waals surface area contributed by atoms with Crippen molar-refractivity contribution in [1.29, 1.82) is 0 Å². The second-order valence-electron chi connectivity index (χ2n) is 3.72. The van der Waals surface area contributed by atoms with Crippen molar-refractivity contribution >= 4 is 11.6 Å². The van der Waals surface area contributed by atoms with E-state index in [2.05, 4.69) is 16.6 Å². The van der Waals surface area contributed by atoms with E-state index < -0.39 is 0 Å². The van der Waals surface area contributed by atoms with Crippen molar-refractivity contribution in [2.75, 3.05) is 38.7 Å². The van der Waals surface area contributed by atoms with E-state index in [0.717, 1.165) is 0 Å². The Kier molecular flexibility index (Phi) is 7.10. The van der Waals surface area contributed by atoms with E-state index in [1.54, 1.807) is 19.2 Å². The fraction of sp³-hybridized carbons (Fsp3) is 0.357. The molecule has 5 heteroatoms. The molecule has 0 aromatic heterocycles. The summed E-state index contributed by atoms with van der Waals surface area (Å²) in [5.41, 5.74) is 0.683. The Morgan fingerprint density at radius 3 is 3.00 bits per heavy atom. The van der Waals surface area contributed by atoms with Crippen molar-refractivity contribution in [2.45, 2.75) is 0 Å². The van der Waals surface area contributed by atoms with Gasteiger partial charge in [0.15, 0.2) is 0 Å². The Bertz CT molecular complexity index is 441. The lowest BCUT2D eigenvalue weighted by molar-refractivity contribution is -0.115. The van der Waals surface area contributed by atoms with Gasteiger partial charge in [-0.05, 0) is 12.1 Å². The number of rotatable bonds is 8. The largest absolute Gasteiger partial charge is 0.491 e. The van der Waals surface area contributed by atoms with Crippen molar-refractivity contribution < 1.29 is 14.3 Å². The average Bonchev–Trinajstić information content (AvgIpc) is 2.40. The highest BCUT2D eigenvalue weighted by atomic mass is 16.5. The molecule has 0 spiro atoms. The van der Waals surface area contributed by atoms with Crippen LogP contribution in [0.3, 0.4) is 0 Å². The molecule has 102 valence electrons. The number of anilines is 1. The van der Waals surface area contributed by atoms with Crippen molar-refractivity contribution in [1.82, 2.24) is 5.32 Å². The molecule has 1 aromatic rings. The predicted octanol–water partition coefficient (Wildman–Crippen LogP) is 0.873. The van der Waals surface area contributed by atoms with Crippen molar-refractivity contribution in [3.05, 3.63) is 24.3 Å². The van der Waals surface area contributed by atoms with Crippen LogP contribution in [0.5, 0.6) is 5.75 Å². The van der Waals surface area contributed by atoms with E-state index in [1.807, 2.05) is 12.1 Å². The maximum Gasteiger partial charge on any atom is 0.238 e. The van der Waals surface area contributed by atoms with E-state index in [9.17, 15) is 4.79 Å². The van der Waals surface area contributed by atoms with Gasteiger partial charge in [-0.15, -0.1) is 6.42 Å². The molecule has 0 unspecified atom stereocenters. The average molecular weight is 262 g/mol. The van der Waals surface area contributed by atoms with E-state index in [-0.39, 0.29) is 12.5 Å². The summed E-state index contributed by atoms with van der Waals surface area (Å²) in [6.45, 7) is 1.54. The van der Waals surface area contributed by atoms with E-state index in [1.165, 1.54) is 0 Å². The lowest BCUT2D eigenvalue weighted by atomic mass is 10.3.